The lowest BCUT2D eigenvalue weighted by Gasteiger charge is -2.33. The van der Waals surface area contributed by atoms with Crippen LogP contribution in [0.2, 0.25) is 0 Å². The van der Waals surface area contributed by atoms with Crippen molar-refractivity contribution in [2.45, 2.75) is 44.9 Å². The molecule has 0 N–H and O–H groups in total. The molecule has 0 amide bonds. The number of aromatic nitrogens is 4. The number of Topliss-reactive ketones (excluding diaryl/α,β-unsaturated/α-hetero) is 1. The van der Waals surface area contributed by atoms with Crippen LogP contribution < -0.4 is 4.90 Å². The van der Waals surface area contributed by atoms with Gasteiger partial charge in [-0.05, 0) is 38.7 Å². The molecule has 3 heterocycles. The molecule has 1 aliphatic carbocycles. The van der Waals surface area contributed by atoms with Crippen LogP contribution in [-0.4, -0.2) is 38.4 Å². The van der Waals surface area contributed by atoms with E-state index in [1.165, 1.54) is 25.0 Å². The van der Waals surface area contributed by atoms with E-state index in [4.69, 9.17) is 4.98 Å². The number of hydrogen-bond acceptors (Lipinski definition) is 5. The molecular weight excluding hydrogens is 314 g/mol. The molecule has 1 atom stereocenters. The maximum Gasteiger partial charge on any atom is 0.225 e. The number of nitrogens with zero attached hydrogens (tertiary/aromatic N) is 5. The zero-order valence-corrected chi connectivity index (χ0v) is 15.0. The number of anilines is 1. The van der Waals surface area contributed by atoms with E-state index < -0.39 is 0 Å². The molecular formula is C19H25N5O. The Kier molecular flexibility index (Phi) is 4.27. The third kappa shape index (κ3) is 3.17. The highest BCUT2D eigenvalue weighted by atomic mass is 16.1. The number of hydrogen-bond donors (Lipinski definition) is 0. The fraction of sp³-hybridized carbons (Fsp3) is 0.579. The lowest BCUT2D eigenvalue weighted by Crippen LogP contribution is -2.40. The second-order valence-corrected chi connectivity index (χ2v) is 7.37. The van der Waals surface area contributed by atoms with Gasteiger partial charge >= 0.3 is 0 Å². The van der Waals surface area contributed by atoms with E-state index in [0.29, 0.717) is 18.3 Å². The largest absolute Gasteiger partial charge is 0.340 e. The Morgan fingerprint density at radius 3 is 2.72 bits per heavy atom. The molecule has 0 radical (unpaired) electrons. The third-order valence-electron chi connectivity index (χ3n) is 5.50. The van der Waals surface area contributed by atoms with Crippen LogP contribution in [0.5, 0.6) is 0 Å². The molecule has 2 fully saturated rings. The average molecular weight is 339 g/mol. The maximum atomic E-state index is 12.8. The second kappa shape index (κ2) is 6.58. The Hall–Kier alpha value is -2.24. The van der Waals surface area contributed by atoms with Gasteiger partial charge in [-0.25, -0.2) is 15.0 Å². The highest BCUT2D eigenvalue weighted by molar-refractivity contribution is 5.95. The van der Waals surface area contributed by atoms with Gasteiger partial charge in [0.15, 0.2) is 5.82 Å². The number of carbonyl (C=O) groups is 1. The molecule has 0 bridgehead atoms. The molecule has 0 aromatic carbocycles. The number of piperidine rings is 1. The Bertz CT molecular complexity index is 780. The summed E-state index contributed by atoms with van der Waals surface area (Å²) in [6.45, 7) is 3.63. The molecule has 1 aliphatic heterocycles. The first-order valence-corrected chi connectivity index (χ1v) is 9.24. The summed E-state index contributed by atoms with van der Waals surface area (Å²) in [6.07, 6.45) is 9.16. The summed E-state index contributed by atoms with van der Waals surface area (Å²) in [4.78, 5) is 28.7. The maximum absolute atomic E-state index is 12.8. The van der Waals surface area contributed by atoms with Crippen LogP contribution in [0.1, 0.15) is 60.0 Å². The molecule has 4 rings (SSSR count). The van der Waals surface area contributed by atoms with Crippen LogP contribution in [0.15, 0.2) is 18.5 Å². The van der Waals surface area contributed by atoms with Crippen molar-refractivity contribution < 1.29 is 4.79 Å². The average Bonchev–Trinajstić information content (AvgIpc) is 2.98. The first kappa shape index (κ1) is 16.2. The van der Waals surface area contributed by atoms with Gasteiger partial charge in [-0.1, -0.05) is 6.42 Å². The smallest absolute Gasteiger partial charge is 0.225 e. The minimum absolute atomic E-state index is 0.0360. The molecule has 2 aromatic heterocycles. The third-order valence-corrected chi connectivity index (χ3v) is 5.50. The summed E-state index contributed by atoms with van der Waals surface area (Å²) in [5.74, 6) is 2.02. The molecule has 25 heavy (non-hydrogen) atoms. The lowest BCUT2D eigenvalue weighted by atomic mass is 9.82. The van der Waals surface area contributed by atoms with Crippen LogP contribution in [0.3, 0.4) is 0 Å². The van der Waals surface area contributed by atoms with E-state index in [-0.39, 0.29) is 11.7 Å². The van der Waals surface area contributed by atoms with Gasteiger partial charge in [0.2, 0.25) is 11.7 Å². The number of imidazole rings is 1. The van der Waals surface area contributed by atoms with Gasteiger partial charge in [-0.2, -0.15) is 0 Å². The standard InChI is InChI=1S/C19H25N5O/c1-13-11-16(14-5-3-6-14)22-19(21-13)24-9-4-7-15(12-24)17(25)18-20-8-10-23(18)2/h8,10-11,14-15H,3-7,9,12H2,1-2H3/t15-/m0/s1. The number of aryl methyl sites for hydroxylation is 2. The van der Waals surface area contributed by atoms with Crippen molar-refractivity contribution >= 4 is 11.7 Å². The van der Waals surface area contributed by atoms with Crippen LogP contribution >= 0.6 is 0 Å². The van der Waals surface area contributed by atoms with Gasteiger partial charge in [0.1, 0.15) is 0 Å². The summed E-state index contributed by atoms with van der Waals surface area (Å²) < 4.78 is 1.80. The Morgan fingerprint density at radius 1 is 1.20 bits per heavy atom. The van der Waals surface area contributed by atoms with Gasteiger partial charge in [0.25, 0.3) is 0 Å². The number of carbonyl (C=O) groups excluding carboxylic acids is 1. The highest BCUT2D eigenvalue weighted by Crippen LogP contribution is 2.36. The summed E-state index contributed by atoms with van der Waals surface area (Å²) in [6, 6.07) is 2.12. The number of rotatable bonds is 4. The highest BCUT2D eigenvalue weighted by Gasteiger charge is 2.30. The fourth-order valence-corrected chi connectivity index (χ4v) is 3.79. The van der Waals surface area contributed by atoms with Crippen LogP contribution in [0.25, 0.3) is 0 Å². The van der Waals surface area contributed by atoms with Crippen molar-refractivity contribution in [2.75, 3.05) is 18.0 Å². The molecule has 1 saturated heterocycles. The van der Waals surface area contributed by atoms with E-state index in [9.17, 15) is 4.79 Å². The van der Waals surface area contributed by atoms with Crippen LogP contribution in [0, 0.1) is 12.8 Å². The number of ketones is 1. The Balaban J connectivity index is 1.54. The van der Waals surface area contributed by atoms with E-state index in [2.05, 4.69) is 20.9 Å². The second-order valence-electron chi connectivity index (χ2n) is 7.37. The molecule has 132 valence electrons. The molecule has 0 unspecified atom stereocenters. The molecule has 1 saturated carbocycles. The quantitative estimate of drug-likeness (QED) is 0.802. The van der Waals surface area contributed by atoms with Gasteiger partial charge in [-0.15, -0.1) is 0 Å². The Labute approximate surface area is 148 Å². The molecule has 0 spiro atoms. The van der Waals surface area contributed by atoms with Crippen LogP contribution in [0.4, 0.5) is 5.95 Å². The van der Waals surface area contributed by atoms with Gasteiger partial charge in [-0.3, -0.25) is 4.79 Å². The Morgan fingerprint density at radius 2 is 2.04 bits per heavy atom. The summed E-state index contributed by atoms with van der Waals surface area (Å²) >= 11 is 0. The van der Waals surface area contributed by atoms with E-state index in [0.717, 1.165) is 31.0 Å². The van der Waals surface area contributed by atoms with Gasteiger partial charge in [0.05, 0.1) is 0 Å². The summed E-state index contributed by atoms with van der Waals surface area (Å²) in [5, 5.41) is 0. The molecule has 6 nitrogen and oxygen atoms in total. The zero-order chi connectivity index (χ0) is 17.4. The topological polar surface area (TPSA) is 63.9 Å². The van der Waals surface area contributed by atoms with Crippen molar-refractivity contribution in [3.8, 4) is 0 Å². The van der Waals surface area contributed by atoms with Crippen molar-refractivity contribution in [2.24, 2.45) is 13.0 Å². The predicted octanol–water partition coefficient (Wildman–Crippen LogP) is 2.89. The molecule has 2 aromatic rings. The monoisotopic (exact) mass is 339 g/mol. The predicted molar refractivity (Wildman–Crippen MR) is 95.8 cm³/mol. The molecule has 2 aliphatic rings. The minimum atomic E-state index is -0.0360. The summed E-state index contributed by atoms with van der Waals surface area (Å²) in [5.41, 5.74) is 2.19. The van der Waals surface area contributed by atoms with Crippen molar-refractivity contribution in [1.29, 1.82) is 0 Å². The molecule has 6 heteroatoms. The zero-order valence-electron chi connectivity index (χ0n) is 15.0. The lowest BCUT2D eigenvalue weighted by molar-refractivity contribution is 0.0893. The SMILES string of the molecule is Cc1cc(C2CCC2)nc(N2CCC[C@H](C(=O)c3nccn3C)C2)n1. The van der Waals surface area contributed by atoms with Gasteiger partial charge < -0.3 is 9.47 Å². The summed E-state index contributed by atoms with van der Waals surface area (Å²) in [7, 11) is 1.87. The van der Waals surface area contributed by atoms with E-state index in [1.807, 2.05) is 20.2 Å². The van der Waals surface area contributed by atoms with Crippen molar-refractivity contribution in [3.63, 3.8) is 0 Å². The van der Waals surface area contributed by atoms with Crippen LogP contribution in [-0.2, 0) is 7.05 Å². The first-order valence-electron chi connectivity index (χ1n) is 9.24. The van der Waals surface area contributed by atoms with E-state index >= 15 is 0 Å². The minimum Gasteiger partial charge on any atom is -0.340 e. The normalized spacial score (nSPS) is 21.2. The fourth-order valence-electron chi connectivity index (χ4n) is 3.79. The van der Waals surface area contributed by atoms with E-state index in [1.54, 1.807) is 10.8 Å². The first-order chi connectivity index (χ1) is 12.1. The van der Waals surface area contributed by atoms with Crippen molar-refractivity contribution in [1.82, 2.24) is 19.5 Å². The van der Waals surface area contributed by atoms with Crippen molar-refractivity contribution in [3.05, 3.63) is 35.7 Å². The van der Waals surface area contributed by atoms with Gasteiger partial charge in [0, 0.05) is 55.8 Å².